The molecule has 0 saturated carbocycles. The number of carbonyl (C=O) groups is 2. The third-order valence-corrected chi connectivity index (χ3v) is 2.92. The van der Waals surface area contributed by atoms with E-state index >= 15 is 0 Å². The van der Waals surface area contributed by atoms with Gasteiger partial charge in [0.15, 0.2) is 0 Å². The van der Waals surface area contributed by atoms with Crippen LogP contribution in [-0.4, -0.2) is 35.3 Å². The summed E-state index contributed by atoms with van der Waals surface area (Å²) in [7, 11) is 0. The molecule has 1 rings (SSSR count). The minimum Gasteiger partial charge on any atom is -0.368 e. The summed E-state index contributed by atoms with van der Waals surface area (Å²) in [5, 5.41) is 0. The summed E-state index contributed by atoms with van der Waals surface area (Å²) in [4.78, 5) is 24.1. The summed E-state index contributed by atoms with van der Waals surface area (Å²) in [6.07, 6.45) is 2.66. The standard InChI is InChI=1S/C10H19N3O2/c1-2-7(11)3-4-9(14)13-6-5-8(13)10(12)15/h7-8H,2-6,11H2,1H3,(H2,12,15). The Morgan fingerprint density at radius 3 is 2.60 bits per heavy atom. The molecule has 1 heterocycles. The molecule has 2 amide bonds. The lowest BCUT2D eigenvalue weighted by molar-refractivity contribution is -0.146. The van der Waals surface area contributed by atoms with Crippen LogP contribution in [0.3, 0.4) is 0 Å². The highest BCUT2D eigenvalue weighted by molar-refractivity contribution is 5.88. The van der Waals surface area contributed by atoms with E-state index in [1.807, 2.05) is 6.92 Å². The van der Waals surface area contributed by atoms with Crippen LogP contribution in [0.1, 0.15) is 32.6 Å². The van der Waals surface area contributed by atoms with Gasteiger partial charge in [-0.15, -0.1) is 0 Å². The maximum absolute atomic E-state index is 11.6. The Bertz CT molecular complexity index is 255. The Balaban J connectivity index is 2.32. The first-order chi connectivity index (χ1) is 7.06. The zero-order valence-electron chi connectivity index (χ0n) is 9.11. The van der Waals surface area contributed by atoms with E-state index in [9.17, 15) is 9.59 Å². The van der Waals surface area contributed by atoms with Gasteiger partial charge in [0.05, 0.1) is 0 Å². The predicted molar refractivity (Wildman–Crippen MR) is 56.8 cm³/mol. The second kappa shape index (κ2) is 5.11. The molecule has 0 aromatic heterocycles. The minimum absolute atomic E-state index is 0.00560. The largest absolute Gasteiger partial charge is 0.368 e. The van der Waals surface area contributed by atoms with Crippen molar-refractivity contribution >= 4 is 11.8 Å². The molecule has 0 spiro atoms. The van der Waals surface area contributed by atoms with Crippen molar-refractivity contribution in [2.45, 2.75) is 44.7 Å². The Kier molecular flexibility index (Phi) is 4.08. The van der Waals surface area contributed by atoms with Gasteiger partial charge in [0.2, 0.25) is 11.8 Å². The first kappa shape index (κ1) is 12.0. The van der Waals surface area contributed by atoms with Gasteiger partial charge in [-0.2, -0.15) is 0 Å². The van der Waals surface area contributed by atoms with Crippen molar-refractivity contribution in [1.82, 2.24) is 4.90 Å². The van der Waals surface area contributed by atoms with Crippen LogP contribution < -0.4 is 11.5 Å². The van der Waals surface area contributed by atoms with Crippen molar-refractivity contribution < 1.29 is 9.59 Å². The fourth-order valence-electron chi connectivity index (χ4n) is 1.64. The van der Waals surface area contributed by atoms with Crippen LogP contribution in [0.15, 0.2) is 0 Å². The quantitative estimate of drug-likeness (QED) is 0.650. The molecule has 0 aromatic rings. The van der Waals surface area contributed by atoms with Crippen molar-refractivity contribution in [3.8, 4) is 0 Å². The number of likely N-dealkylation sites (tertiary alicyclic amines) is 1. The van der Waals surface area contributed by atoms with E-state index in [0.29, 0.717) is 25.8 Å². The SMILES string of the molecule is CCC(N)CCC(=O)N1CCC1C(N)=O. The molecule has 0 aromatic carbocycles. The summed E-state index contributed by atoms with van der Waals surface area (Å²) >= 11 is 0. The second-order valence-electron chi connectivity index (χ2n) is 4.00. The Morgan fingerprint density at radius 2 is 2.20 bits per heavy atom. The maximum atomic E-state index is 11.6. The molecule has 1 aliphatic heterocycles. The van der Waals surface area contributed by atoms with Gasteiger partial charge in [-0.3, -0.25) is 9.59 Å². The van der Waals surface area contributed by atoms with Crippen LogP contribution >= 0.6 is 0 Å². The first-order valence-corrected chi connectivity index (χ1v) is 5.40. The number of hydrogen-bond acceptors (Lipinski definition) is 3. The summed E-state index contributed by atoms with van der Waals surface area (Å²) in [6, 6.07) is -0.308. The van der Waals surface area contributed by atoms with E-state index in [4.69, 9.17) is 11.5 Å². The number of nitrogens with two attached hydrogens (primary N) is 2. The third kappa shape index (κ3) is 2.92. The highest BCUT2D eigenvalue weighted by Crippen LogP contribution is 2.18. The zero-order valence-corrected chi connectivity index (χ0v) is 9.11. The summed E-state index contributed by atoms with van der Waals surface area (Å²) in [5.74, 6) is -0.414. The zero-order chi connectivity index (χ0) is 11.4. The number of hydrogen-bond donors (Lipinski definition) is 2. The average Bonchev–Trinajstić information content (AvgIpc) is 2.11. The van der Waals surface area contributed by atoms with Crippen LogP contribution in [0.2, 0.25) is 0 Å². The molecule has 15 heavy (non-hydrogen) atoms. The fourth-order valence-corrected chi connectivity index (χ4v) is 1.64. The lowest BCUT2D eigenvalue weighted by atomic mass is 10.0. The van der Waals surface area contributed by atoms with Crippen molar-refractivity contribution in [3.63, 3.8) is 0 Å². The molecule has 1 aliphatic rings. The normalized spacial score (nSPS) is 22.0. The van der Waals surface area contributed by atoms with Gasteiger partial charge in [0.1, 0.15) is 6.04 Å². The number of rotatable bonds is 5. The molecule has 1 fully saturated rings. The minimum atomic E-state index is -0.408. The van der Waals surface area contributed by atoms with Gasteiger partial charge in [-0.1, -0.05) is 6.92 Å². The molecule has 2 unspecified atom stereocenters. The maximum Gasteiger partial charge on any atom is 0.240 e. The van der Waals surface area contributed by atoms with Gasteiger partial charge in [0.25, 0.3) is 0 Å². The number of primary amides is 1. The molecule has 0 bridgehead atoms. The molecule has 0 aliphatic carbocycles. The number of carbonyl (C=O) groups excluding carboxylic acids is 2. The fraction of sp³-hybridized carbons (Fsp3) is 0.800. The summed E-state index contributed by atoms with van der Waals surface area (Å²) in [6.45, 7) is 2.64. The molecule has 1 saturated heterocycles. The van der Waals surface area contributed by atoms with Crippen molar-refractivity contribution in [3.05, 3.63) is 0 Å². The monoisotopic (exact) mass is 213 g/mol. The molecule has 0 radical (unpaired) electrons. The van der Waals surface area contributed by atoms with Crippen LogP contribution in [0.25, 0.3) is 0 Å². The van der Waals surface area contributed by atoms with Gasteiger partial charge >= 0.3 is 0 Å². The van der Waals surface area contributed by atoms with Crippen LogP contribution in [-0.2, 0) is 9.59 Å². The van der Waals surface area contributed by atoms with E-state index in [1.54, 1.807) is 4.90 Å². The molecule has 2 atom stereocenters. The Labute approximate surface area is 89.8 Å². The molecular weight excluding hydrogens is 194 g/mol. The van der Waals surface area contributed by atoms with Gasteiger partial charge in [0, 0.05) is 19.0 Å². The van der Waals surface area contributed by atoms with E-state index in [0.717, 1.165) is 6.42 Å². The van der Waals surface area contributed by atoms with Crippen LogP contribution in [0.4, 0.5) is 0 Å². The summed E-state index contributed by atoms with van der Waals surface area (Å²) < 4.78 is 0. The van der Waals surface area contributed by atoms with Crippen LogP contribution in [0.5, 0.6) is 0 Å². The van der Waals surface area contributed by atoms with E-state index in [2.05, 4.69) is 0 Å². The van der Waals surface area contributed by atoms with Crippen LogP contribution in [0, 0.1) is 0 Å². The van der Waals surface area contributed by atoms with Gasteiger partial charge in [-0.05, 0) is 19.3 Å². The van der Waals surface area contributed by atoms with Crippen molar-refractivity contribution in [1.29, 1.82) is 0 Å². The van der Waals surface area contributed by atoms with E-state index < -0.39 is 5.91 Å². The molecule has 86 valence electrons. The Hall–Kier alpha value is -1.10. The van der Waals surface area contributed by atoms with E-state index in [-0.39, 0.29) is 18.0 Å². The van der Waals surface area contributed by atoms with E-state index in [1.165, 1.54) is 0 Å². The molecule has 5 nitrogen and oxygen atoms in total. The molecule has 4 N–H and O–H groups in total. The highest BCUT2D eigenvalue weighted by Gasteiger charge is 2.35. The van der Waals surface area contributed by atoms with Crippen molar-refractivity contribution in [2.24, 2.45) is 11.5 Å². The highest BCUT2D eigenvalue weighted by atomic mass is 16.2. The predicted octanol–water partition coefficient (Wildman–Crippen LogP) is -0.410. The lowest BCUT2D eigenvalue weighted by Crippen LogP contribution is -2.57. The van der Waals surface area contributed by atoms with Gasteiger partial charge < -0.3 is 16.4 Å². The lowest BCUT2D eigenvalue weighted by Gasteiger charge is -2.39. The third-order valence-electron chi connectivity index (χ3n) is 2.92. The molecule has 5 heteroatoms. The topological polar surface area (TPSA) is 89.4 Å². The van der Waals surface area contributed by atoms with Crippen molar-refractivity contribution in [2.75, 3.05) is 6.54 Å². The average molecular weight is 213 g/mol. The number of nitrogens with zero attached hydrogens (tertiary/aromatic N) is 1. The second-order valence-corrected chi connectivity index (χ2v) is 4.00. The Morgan fingerprint density at radius 1 is 1.53 bits per heavy atom. The first-order valence-electron chi connectivity index (χ1n) is 5.40. The van der Waals surface area contributed by atoms with Gasteiger partial charge in [-0.25, -0.2) is 0 Å². The molecular formula is C10H19N3O2. The summed E-state index contributed by atoms with van der Waals surface area (Å²) in [5.41, 5.74) is 10.9. The smallest absolute Gasteiger partial charge is 0.240 e. The number of amides is 2.